The number of hydrogen-bond donors (Lipinski definition) is 0. The van der Waals surface area contributed by atoms with E-state index < -0.39 is 0 Å². The Morgan fingerprint density at radius 2 is 0.750 bits per heavy atom. The molecule has 0 N–H and O–H groups in total. The summed E-state index contributed by atoms with van der Waals surface area (Å²) in [5.41, 5.74) is 0. The highest BCUT2D eigenvalue weighted by Crippen LogP contribution is 1.84. The SMILES string of the molecule is C1=CC=CC=NC=CC=CN=CC=CC=C1. The molecular weight excluding hydrogens is 196 g/mol. The molecule has 80 valence electrons. The third-order valence-corrected chi connectivity index (χ3v) is 1.58. The van der Waals surface area contributed by atoms with Gasteiger partial charge in [-0.25, -0.2) is 0 Å². The van der Waals surface area contributed by atoms with Crippen LogP contribution in [-0.4, -0.2) is 12.4 Å². The van der Waals surface area contributed by atoms with Gasteiger partial charge in [-0.15, -0.1) is 0 Å². The first-order valence-electron chi connectivity index (χ1n) is 5.03. The van der Waals surface area contributed by atoms with Crippen molar-refractivity contribution in [3.63, 3.8) is 0 Å². The second-order valence-electron chi connectivity index (χ2n) is 2.82. The monoisotopic (exact) mass is 210 g/mol. The number of hydrogen-bond acceptors (Lipinski definition) is 2. The average Bonchev–Trinajstić information content (AvgIpc) is 2.29. The minimum absolute atomic E-state index is 1.71. The minimum Gasteiger partial charge on any atom is -0.265 e. The smallest absolute Gasteiger partial charge is 0.0268 e. The molecule has 0 bridgehead atoms. The van der Waals surface area contributed by atoms with Crippen LogP contribution in [0.15, 0.2) is 83.1 Å². The molecule has 0 spiro atoms. The first-order chi connectivity index (χ1) is 8.00. The number of rotatable bonds is 0. The predicted molar refractivity (Wildman–Crippen MR) is 71.8 cm³/mol. The topological polar surface area (TPSA) is 24.7 Å². The standard InChI is InChI=1S/C14H14N2/c1-2-4-6-8-12-16-14-10-9-13-15-11-7-5-3-1/h1-14H. The van der Waals surface area contributed by atoms with Crippen LogP contribution >= 0.6 is 0 Å². The van der Waals surface area contributed by atoms with E-state index in [0.29, 0.717) is 0 Å². The Morgan fingerprint density at radius 1 is 0.375 bits per heavy atom. The Morgan fingerprint density at radius 3 is 1.19 bits per heavy atom. The highest BCUT2D eigenvalue weighted by Gasteiger charge is 1.66. The van der Waals surface area contributed by atoms with E-state index in [0.717, 1.165) is 0 Å². The van der Waals surface area contributed by atoms with Crippen LogP contribution in [0, 0.1) is 0 Å². The zero-order valence-electron chi connectivity index (χ0n) is 8.98. The number of nitrogens with zero attached hydrogens (tertiary/aromatic N) is 2. The summed E-state index contributed by atoms with van der Waals surface area (Å²) in [5.74, 6) is 0. The quantitative estimate of drug-likeness (QED) is 0.585. The van der Waals surface area contributed by atoms with Gasteiger partial charge in [0.1, 0.15) is 0 Å². The number of allylic oxidation sites excluding steroid dienone is 10. The lowest BCUT2D eigenvalue weighted by Gasteiger charge is -1.77. The van der Waals surface area contributed by atoms with Crippen molar-refractivity contribution in [2.75, 3.05) is 0 Å². The van der Waals surface area contributed by atoms with Crippen LogP contribution in [0.1, 0.15) is 0 Å². The van der Waals surface area contributed by atoms with Crippen molar-refractivity contribution in [3.8, 4) is 0 Å². The van der Waals surface area contributed by atoms with Gasteiger partial charge in [-0.1, -0.05) is 36.5 Å². The van der Waals surface area contributed by atoms with E-state index in [-0.39, 0.29) is 0 Å². The van der Waals surface area contributed by atoms with Crippen LogP contribution in [-0.2, 0) is 0 Å². The van der Waals surface area contributed by atoms with Gasteiger partial charge < -0.3 is 0 Å². The van der Waals surface area contributed by atoms with Gasteiger partial charge in [0.05, 0.1) is 0 Å². The van der Waals surface area contributed by atoms with Crippen LogP contribution in [0.4, 0.5) is 0 Å². The van der Waals surface area contributed by atoms with Crippen molar-refractivity contribution < 1.29 is 0 Å². The fourth-order valence-electron chi connectivity index (χ4n) is 0.882. The van der Waals surface area contributed by atoms with Gasteiger partial charge in [-0.2, -0.15) is 0 Å². The van der Waals surface area contributed by atoms with Crippen LogP contribution in [0.5, 0.6) is 0 Å². The van der Waals surface area contributed by atoms with Gasteiger partial charge in [0.15, 0.2) is 0 Å². The summed E-state index contributed by atoms with van der Waals surface area (Å²) >= 11 is 0. The molecule has 0 fully saturated rings. The molecule has 1 heterocycles. The second-order valence-corrected chi connectivity index (χ2v) is 2.82. The Balaban J connectivity index is 2.67. The van der Waals surface area contributed by atoms with E-state index in [4.69, 9.17) is 0 Å². The van der Waals surface area contributed by atoms with Gasteiger partial charge in [-0.05, 0) is 24.3 Å². The molecule has 0 aromatic heterocycles. The Kier molecular flexibility index (Phi) is 6.92. The van der Waals surface area contributed by atoms with Crippen molar-refractivity contribution in [2.24, 2.45) is 9.98 Å². The van der Waals surface area contributed by atoms with Crippen molar-refractivity contribution >= 4 is 12.4 Å². The lowest BCUT2D eigenvalue weighted by molar-refractivity contribution is 1.55. The molecule has 0 aromatic carbocycles. The summed E-state index contributed by atoms with van der Waals surface area (Å²) in [6.45, 7) is 0. The van der Waals surface area contributed by atoms with Crippen LogP contribution in [0.3, 0.4) is 0 Å². The molecule has 1 rings (SSSR count). The normalized spacial score (nSPS) is 16.0. The molecule has 2 nitrogen and oxygen atoms in total. The Labute approximate surface area is 96.1 Å². The van der Waals surface area contributed by atoms with E-state index >= 15 is 0 Å². The summed E-state index contributed by atoms with van der Waals surface area (Å²) in [6, 6.07) is 0. The highest BCUT2D eigenvalue weighted by atomic mass is 14.7. The maximum absolute atomic E-state index is 4.04. The zero-order valence-corrected chi connectivity index (χ0v) is 8.98. The summed E-state index contributed by atoms with van der Waals surface area (Å²) in [7, 11) is 0. The molecule has 1 aliphatic rings. The third-order valence-electron chi connectivity index (χ3n) is 1.58. The van der Waals surface area contributed by atoms with Gasteiger partial charge in [0.25, 0.3) is 0 Å². The maximum atomic E-state index is 4.04. The molecular formula is C14H14N2. The molecule has 0 radical (unpaired) electrons. The van der Waals surface area contributed by atoms with Gasteiger partial charge in [0.2, 0.25) is 0 Å². The van der Waals surface area contributed by atoms with Crippen LogP contribution in [0.25, 0.3) is 0 Å². The molecule has 0 atom stereocenters. The minimum atomic E-state index is 1.71. The number of aliphatic imine (C=N–C) groups is 2. The van der Waals surface area contributed by atoms with Crippen molar-refractivity contribution in [1.29, 1.82) is 0 Å². The van der Waals surface area contributed by atoms with E-state index in [1.807, 2.05) is 60.8 Å². The molecule has 0 aromatic rings. The van der Waals surface area contributed by atoms with E-state index in [1.165, 1.54) is 0 Å². The molecule has 0 aliphatic carbocycles. The molecule has 1 aliphatic heterocycles. The molecule has 2 heteroatoms. The molecule has 0 saturated heterocycles. The Bertz CT molecular complexity index is 250. The van der Waals surface area contributed by atoms with Crippen molar-refractivity contribution in [1.82, 2.24) is 0 Å². The Hall–Kier alpha value is -2.22. The molecule has 0 unspecified atom stereocenters. The van der Waals surface area contributed by atoms with Crippen molar-refractivity contribution in [3.05, 3.63) is 73.2 Å². The lowest BCUT2D eigenvalue weighted by Crippen LogP contribution is -1.63. The van der Waals surface area contributed by atoms with Crippen LogP contribution in [0.2, 0.25) is 0 Å². The molecule has 0 amide bonds. The van der Waals surface area contributed by atoms with Gasteiger partial charge in [-0.3, -0.25) is 9.98 Å². The lowest BCUT2D eigenvalue weighted by atomic mass is 10.4. The van der Waals surface area contributed by atoms with Gasteiger partial charge in [0, 0.05) is 24.8 Å². The fourth-order valence-corrected chi connectivity index (χ4v) is 0.882. The summed E-state index contributed by atoms with van der Waals surface area (Å²) in [5, 5.41) is 0. The average molecular weight is 210 g/mol. The first-order valence-corrected chi connectivity index (χ1v) is 5.03. The first kappa shape index (κ1) is 11.9. The highest BCUT2D eigenvalue weighted by molar-refractivity contribution is 5.72. The maximum Gasteiger partial charge on any atom is 0.0268 e. The second kappa shape index (κ2) is 9.34. The summed E-state index contributed by atoms with van der Waals surface area (Å²) < 4.78 is 0. The third kappa shape index (κ3) is 7.21. The summed E-state index contributed by atoms with van der Waals surface area (Å²) in [6.07, 6.45) is 25.9. The summed E-state index contributed by atoms with van der Waals surface area (Å²) in [4.78, 5) is 8.08. The predicted octanol–water partition coefficient (Wildman–Crippen LogP) is 3.39. The fraction of sp³-hybridized carbons (Fsp3) is 0. The molecule has 0 saturated carbocycles. The largest absolute Gasteiger partial charge is 0.265 e. The van der Waals surface area contributed by atoms with E-state index in [9.17, 15) is 0 Å². The van der Waals surface area contributed by atoms with E-state index in [2.05, 4.69) is 9.98 Å². The van der Waals surface area contributed by atoms with E-state index in [1.54, 1.807) is 24.8 Å². The van der Waals surface area contributed by atoms with Crippen molar-refractivity contribution in [2.45, 2.75) is 0 Å². The van der Waals surface area contributed by atoms with Gasteiger partial charge >= 0.3 is 0 Å². The molecule has 16 heavy (non-hydrogen) atoms. The van der Waals surface area contributed by atoms with Crippen LogP contribution < -0.4 is 0 Å². The zero-order chi connectivity index (χ0) is 11.3.